The van der Waals surface area contributed by atoms with Gasteiger partial charge >= 0.3 is 0 Å². The molecule has 15 heavy (non-hydrogen) atoms. The quantitative estimate of drug-likeness (QED) is 0.882. The van der Waals surface area contributed by atoms with Crippen LogP contribution >= 0.6 is 22.6 Å². The summed E-state index contributed by atoms with van der Waals surface area (Å²) in [5.74, 6) is 0.433. The van der Waals surface area contributed by atoms with E-state index < -0.39 is 13.0 Å². The van der Waals surface area contributed by atoms with Crippen molar-refractivity contribution in [2.24, 2.45) is 0 Å². The van der Waals surface area contributed by atoms with Crippen LogP contribution < -0.4 is 4.74 Å². The van der Waals surface area contributed by atoms with Gasteiger partial charge in [0.1, 0.15) is 16.1 Å². The average molecular weight is 324 g/mol. The molecular formula is C9H7F2IN2O. The molecule has 3 nitrogen and oxygen atoms in total. The first-order valence-corrected chi connectivity index (χ1v) is 5.29. The fourth-order valence-corrected chi connectivity index (χ4v) is 1.76. The second-order valence-corrected chi connectivity index (χ2v) is 4.00. The molecule has 0 unspecified atom stereocenters. The smallest absolute Gasteiger partial charge is 0.272 e. The zero-order valence-corrected chi connectivity index (χ0v) is 9.66. The maximum Gasteiger partial charge on any atom is 0.272 e. The monoisotopic (exact) mass is 324 g/mol. The summed E-state index contributed by atoms with van der Waals surface area (Å²) in [5, 5.41) is 7.70. The Morgan fingerprint density at radius 2 is 2.27 bits per heavy atom. The summed E-state index contributed by atoms with van der Waals surface area (Å²) in [6, 6.07) is 5.05. The van der Waals surface area contributed by atoms with Gasteiger partial charge in [0.2, 0.25) is 0 Å². The molecule has 0 amide bonds. The second-order valence-electron chi connectivity index (χ2n) is 2.92. The third-order valence-corrected chi connectivity index (χ3v) is 2.68. The summed E-state index contributed by atoms with van der Waals surface area (Å²) >= 11 is 2.09. The molecule has 0 aliphatic heterocycles. The number of nitrogens with one attached hydrogen (secondary N) is 1. The number of aromatic amines is 1. The fraction of sp³-hybridized carbons (Fsp3) is 0.222. The van der Waals surface area contributed by atoms with Gasteiger partial charge in [-0.3, -0.25) is 5.10 Å². The molecule has 0 spiro atoms. The van der Waals surface area contributed by atoms with E-state index in [-0.39, 0.29) is 0 Å². The van der Waals surface area contributed by atoms with E-state index in [1.54, 1.807) is 18.2 Å². The van der Waals surface area contributed by atoms with Gasteiger partial charge in [-0.15, -0.1) is 0 Å². The Bertz CT molecular complexity index is 472. The lowest BCUT2D eigenvalue weighted by atomic mass is 10.2. The van der Waals surface area contributed by atoms with Crippen molar-refractivity contribution in [1.29, 1.82) is 0 Å². The molecule has 0 atom stereocenters. The van der Waals surface area contributed by atoms with Gasteiger partial charge in [-0.2, -0.15) is 5.10 Å². The predicted octanol–water partition coefficient (Wildman–Crippen LogP) is 2.81. The van der Waals surface area contributed by atoms with Crippen molar-refractivity contribution in [3.63, 3.8) is 0 Å². The van der Waals surface area contributed by atoms with Crippen LogP contribution in [0.15, 0.2) is 18.2 Å². The molecular weight excluding hydrogens is 317 g/mol. The Balaban J connectivity index is 2.25. The van der Waals surface area contributed by atoms with Gasteiger partial charge in [-0.05, 0) is 40.8 Å². The molecule has 0 radical (unpaired) electrons. The number of nitrogens with zero attached hydrogens (tertiary/aromatic N) is 1. The van der Waals surface area contributed by atoms with Crippen LogP contribution in [-0.2, 0) is 0 Å². The van der Waals surface area contributed by atoms with Crippen LogP contribution in [0, 0.1) is 3.70 Å². The van der Waals surface area contributed by atoms with Gasteiger partial charge in [-0.25, -0.2) is 8.78 Å². The second kappa shape index (κ2) is 4.30. The first-order valence-electron chi connectivity index (χ1n) is 4.21. The molecule has 0 saturated heterocycles. The number of hydrogen-bond donors (Lipinski definition) is 1. The lowest BCUT2D eigenvalue weighted by molar-refractivity contribution is 0.0820. The van der Waals surface area contributed by atoms with Crippen LogP contribution in [0.5, 0.6) is 5.75 Å². The minimum absolute atomic E-state index is 0.433. The Labute approximate surface area is 97.9 Å². The van der Waals surface area contributed by atoms with E-state index in [2.05, 4.69) is 32.8 Å². The van der Waals surface area contributed by atoms with Crippen LogP contribution in [0.4, 0.5) is 8.78 Å². The molecule has 1 aromatic heterocycles. The van der Waals surface area contributed by atoms with E-state index in [0.717, 1.165) is 14.6 Å². The standard InChI is InChI=1S/C9H7F2IN2O/c10-8(11)4-15-5-1-2-7-6(3-5)9(12)14-13-7/h1-3,8H,4H2,(H,13,14). The zero-order valence-electron chi connectivity index (χ0n) is 7.51. The van der Waals surface area contributed by atoms with Crippen LogP contribution in [-0.4, -0.2) is 23.2 Å². The molecule has 80 valence electrons. The Hall–Kier alpha value is -0.920. The average Bonchev–Trinajstić information content (AvgIpc) is 2.57. The third-order valence-electron chi connectivity index (χ3n) is 1.85. The normalized spacial score (nSPS) is 11.2. The molecule has 2 aromatic rings. The van der Waals surface area contributed by atoms with Crippen LogP contribution in [0.3, 0.4) is 0 Å². The number of H-pyrrole nitrogens is 1. The number of aromatic nitrogens is 2. The highest BCUT2D eigenvalue weighted by Crippen LogP contribution is 2.23. The largest absolute Gasteiger partial charge is 0.488 e. The van der Waals surface area contributed by atoms with E-state index in [4.69, 9.17) is 4.74 Å². The zero-order chi connectivity index (χ0) is 10.8. The Morgan fingerprint density at radius 1 is 1.47 bits per heavy atom. The highest BCUT2D eigenvalue weighted by molar-refractivity contribution is 14.1. The van der Waals surface area contributed by atoms with Crippen molar-refractivity contribution >= 4 is 33.5 Å². The van der Waals surface area contributed by atoms with Gasteiger partial charge in [-0.1, -0.05) is 0 Å². The molecule has 0 fully saturated rings. The molecule has 2 rings (SSSR count). The van der Waals surface area contributed by atoms with Crippen LogP contribution in [0.25, 0.3) is 10.9 Å². The van der Waals surface area contributed by atoms with Gasteiger partial charge < -0.3 is 4.74 Å². The summed E-state index contributed by atoms with van der Waals surface area (Å²) in [7, 11) is 0. The Kier molecular flexibility index (Phi) is 3.03. The van der Waals surface area contributed by atoms with Gasteiger partial charge in [0, 0.05) is 5.39 Å². The van der Waals surface area contributed by atoms with Gasteiger partial charge in [0.25, 0.3) is 6.43 Å². The van der Waals surface area contributed by atoms with E-state index in [0.29, 0.717) is 5.75 Å². The van der Waals surface area contributed by atoms with E-state index in [9.17, 15) is 8.78 Å². The molecule has 0 aliphatic carbocycles. The lowest BCUT2D eigenvalue weighted by Crippen LogP contribution is -2.06. The number of rotatable bonds is 3. The predicted molar refractivity (Wildman–Crippen MR) is 60.3 cm³/mol. The molecule has 0 aliphatic rings. The minimum Gasteiger partial charge on any atom is -0.488 e. The summed E-state index contributed by atoms with van der Waals surface area (Å²) in [4.78, 5) is 0. The van der Waals surface area contributed by atoms with Gasteiger partial charge in [0.05, 0.1) is 5.52 Å². The van der Waals surface area contributed by atoms with Crippen molar-refractivity contribution in [2.75, 3.05) is 6.61 Å². The molecule has 6 heteroatoms. The fourth-order valence-electron chi connectivity index (χ4n) is 1.21. The summed E-state index contributed by atoms with van der Waals surface area (Å²) in [6.07, 6.45) is -2.45. The third kappa shape index (κ3) is 2.36. The number of benzene rings is 1. The maximum absolute atomic E-state index is 11.9. The number of alkyl halides is 2. The van der Waals surface area contributed by atoms with Crippen molar-refractivity contribution in [3.8, 4) is 5.75 Å². The minimum atomic E-state index is -2.45. The highest BCUT2D eigenvalue weighted by atomic mass is 127. The lowest BCUT2D eigenvalue weighted by Gasteiger charge is -2.04. The first-order chi connectivity index (χ1) is 7.16. The summed E-state index contributed by atoms with van der Waals surface area (Å²) < 4.78 is 29.6. The van der Waals surface area contributed by atoms with Crippen molar-refractivity contribution in [1.82, 2.24) is 10.2 Å². The maximum atomic E-state index is 11.9. The molecule has 1 aromatic carbocycles. The van der Waals surface area contributed by atoms with Crippen LogP contribution in [0.2, 0.25) is 0 Å². The van der Waals surface area contributed by atoms with E-state index in [1.807, 2.05) is 0 Å². The SMILES string of the molecule is FC(F)COc1ccc2n[nH]c(I)c2c1. The highest BCUT2D eigenvalue weighted by Gasteiger charge is 2.06. The molecule has 1 N–H and O–H groups in total. The Morgan fingerprint density at radius 3 is 3.00 bits per heavy atom. The number of hydrogen-bond acceptors (Lipinski definition) is 2. The van der Waals surface area contributed by atoms with Crippen molar-refractivity contribution < 1.29 is 13.5 Å². The molecule has 0 saturated carbocycles. The first kappa shape index (κ1) is 10.6. The summed E-state index contributed by atoms with van der Waals surface area (Å²) in [5.41, 5.74) is 0.795. The molecule has 1 heterocycles. The number of ether oxygens (including phenoxy) is 1. The topological polar surface area (TPSA) is 37.9 Å². The molecule has 0 bridgehead atoms. The van der Waals surface area contributed by atoms with Crippen molar-refractivity contribution in [3.05, 3.63) is 21.9 Å². The van der Waals surface area contributed by atoms with Crippen LogP contribution in [0.1, 0.15) is 0 Å². The van der Waals surface area contributed by atoms with E-state index >= 15 is 0 Å². The van der Waals surface area contributed by atoms with Crippen molar-refractivity contribution in [2.45, 2.75) is 6.43 Å². The number of fused-ring (bicyclic) bond motifs is 1. The van der Waals surface area contributed by atoms with Gasteiger partial charge in [0.15, 0.2) is 0 Å². The number of halogens is 3. The van der Waals surface area contributed by atoms with E-state index in [1.165, 1.54) is 0 Å². The summed E-state index contributed by atoms with van der Waals surface area (Å²) in [6.45, 7) is -0.583.